The summed E-state index contributed by atoms with van der Waals surface area (Å²) >= 11 is 0. The molecule has 0 radical (unpaired) electrons. The van der Waals surface area contributed by atoms with Gasteiger partial charge >= 0.3 is 6.03 Å². The lowest BCUT2D eigenvalue weighted by Crippen LogP contribution is -2.55. The maximum atomic E-state index is 12.7. The zero-order valence-corrected chi connectivity index (χ0v) is 15.5. The minimum atomic E-state index is -0.848. The molecule has 0 saturated carbocycles. The van der Waals surface area contributed by atoms with Crippen LogP contribution in [0, 0.1) is 6.92 Å². The third-order valence-corrected chi connectivity index (χ3v) is 5.13. The van der Waals surface area contributed by atoms with Crippen LogP contribution in [0.1, 0.15) is 37.8 Å². The topological polar surface area (TPSA) is 69.7 Å². The van der Waals surface area contributed by atoms with Gasteiger partial charge in [0, 0.05) is 25.2 Å². The molecule has 0 bridgehead atoms. The number of aryl methyl sites for hydroxylation is 1. The first-order valence-corrected chi connectivity index (χ1v) is 9.02. The Hall–Kier alpha value is -2.63. The summed E-state index contributed by atoms with van der Waals surface area (Å²) in [6.45, 7) is 6.58. The normalized spacial score (nSPS) is 19.7. The molecule has 3 rings (SSSR count). The summed E-state index contributed by atoms with van der Waals surface area (Å²) in [4.78, 5) is 40.2. The Morgan fingerprint density at radius 2 is 1.77 bits per heavy atom. The van der Waals surface area contributed by atoms with Crippen molar-refractivity contribution in [2.24, 2.45) is 0 Å². The minimum Gasteiger partial charge on any atom is -0.339 e. The van der Waals surface area contributed by atoms with E-state index in [-0.39, 0.29) is 23.9 Å². The van der Waals surface area contributed by atoms with Gasteiger partial charge in [0.1, 0.15) is 5.54 Å². The molecule has 1 spiro atoms. The highest BCUT2D eigenvalue weighted by Crippen LogP contribution is 2.30. The largest absolute Gasteiger partial charge is 0.339 e. The van der Waals surface area contributed by atoms with Gasteiger partial charge in [-0.2, -0.15) is 0 Å². The van der Waals surface area contributed by atoms with Crippen molar-refractivity contribution < 1.29 is 14.4 Å². The molecule has 6 nitrogen and oxygen atoms in total. The Balaban J connectivity index is 1.61. The molecule has 1 aromatic carbocycles. The number of nitrogens with one attached hydrogen (secondary N) is 1. The number of nitrogens with zero attached hydrogens (tertiary/aromatic N) is 2. The molecule has 6 heteroatoms. The molecule has 2 heterocycles. The van der Waals surface area contributed by atoms with Crippen LogP contribution in [0.3, 0.4) is 0 Å². The van der Waals surface area contributed by atoms with Crippen LogP contribution in [0.15, 0.2) is 30.3 Å². The molecular formula is C20H25N3O3. The van der Waals surface area contributed by atoms with Crippen LogP contribution in [0.2, 0.25) is 0 Å². The lowest BCUT2D eigenvalue weighted by atomic mass is 9.87. The fourth-order valence-electron chi connectivity index (χ4n) is 3.51. The molecule has 1 N–H and O–H groups in total. The first-order valence-electron chi connectivity index (χ1n) is 9.02. The third kappa shape index (κ3) is 3.36. The van der Waals surface area contributed by atoms with Gasteiger partial charge in [-0.05, 0) is 45.3 Å². The number of urea groups is 1. The van der Waals surface area contributed by atoms with Gasteiger partial charge in [0.2, 0.25) is 5.91 Å². The first-order chi connectivity index (χ1) is 12.3. The fourth-order valence-corrected chi connectivity index (χ4v) is 3.51. The molecule has 26 heavy (non-hydrogen) atoms. The van der Waals surface area contributed by atoms with Gasteiger partial charge < -0.3 is 10.2 Å². The number of hydrogen-bond donors (Lipinski definition) is 1. The summed E-state index contributed by atoms with van der Waals surface area (Å²) in [5.74, 6) is -0.238. The van der Waals surface area contributed by atoms with E-state index in [0.717, 1.165) is 5.56 Å². The predicted octanol–water partition coefficient (Wildman–Crippen LogP) is 2.33. The predicted molar refractivity (Wildman–Crippen MR) is 99.3 cm³/mol. The highest BCUT2D eigenvalue weighted by molar-refractivity contribution is 6.07. The second kappa shape index (κ2) is 6.94. The van der Waals surface area contributed by atoms with Crippen molar-refractivity contribution in [3.8, 4) is 0 Å². The van der Waals surface area contributed by atoms with E-state index in [0.29, 0.717) is 25.9 Å². The van der Waals surface area contributed by atoms with Gasteiger partial charge in [-0.1, -0.05) is 29.8 Å². The van der Waals surface area contributed by atoms with Crippen LogP contribution in [0.25, 0.3) is 6.08 Å². The van der Waals surface area contributed by atoms with Crippen molar-refractivity contribution >= 4 is 23.9 Å². The number of benzene rings is 1. The van der Waals surface area contributed by atoms with Gasteiger partial charge in [-0.3, -0.25) is 14.5 Å². The minimum absolute atomic E-state index is 0.0714. The van der Waals surface area contributed by atoms with Gasteiger partial charge in [0.05, 0.1) is 0 Å². The van der Waals surface area contributed by atoms with Crippen molar-refractivity contribution in [1.29, 1.82) is 0 Å². The number of hydrogen-bond acceptors (Lipinski definition) is 3. The van der Waals surface area contributed by atoms with E-state index in [1.165, 1.54) is 10.5 Å². The quantitative estimate of drug-likeness (QED) is 0.668. The van der Waals surface area contributed by atoms with E-state index >= 15 is 0 Å². The molecule has 2 aliphatic heterocycles. The van der Waals surface area contributed by atoms with E-state index in [1.807, 2.05) is 45.0 Å². The fraction of sp³-hybridized carbons (Fsp3) is 0.450. The monoisotopic (exact) mass is 355 g/mol. The molecule has 138 valence electrons. The molecule has 1 aromatic rings. The summed E-state index contributed by atoms with van der Waals surface area (Å²) in [5.41, 5.74) is 1.30. The Kier molecular flexibility index (Phi) is 4.85. The van der Waals surface area contributed by atoms with Gasteiger partial charge in [0.15, 0.2) is 0 Å². The van der Waals surface area contributed by atoms with Crippen LogP contribution >= 0.6 is 0 Å². The van der Waals surface area contributed by atoms with E-state index in [4.69, 9.17) is 0 Å². The van der Waals surface area contributed by atoms with E-state index in [2.05, 4.69) is 5.32 Å². The highest BCUT2D eigenvalue weighted by Gasteiger charge is 2.53. The Morgan fingerprint density at radius 1 is 1.15 bits per heavy atom. The van der Waals surface area contributed by atoms with Gasteiger partial charge in [-0.25, -0.2) is 4.79 Å². The molecule has 2 saturated heterocycles. The number of likely N-dealkylation sites (tertiary alicyclic amines) is 1. The van der Waals surface area contributed by atoms with Gasteiger partial charge in [0.25, 0.3) is 5.91 Å². The number of carbonyl (C=O) groups excluding carboxylic acids is 3. The summed E-state index contributed by atoms with van der Waals surface area (Å²) in [7, 11) is 0. The number of rotatable bonds is 3. The van der Waals surface area contributed by atoms with Crippen LogP contribution in [-0.4, -0.2) is 52.3 Å². The second-order valence-corrected chi connectivity index (χ2v) is 7.35. The summed E-state index contributed by atoms with van der Waals surface area (Å²) in [6, 6.07) is 7.45. The zero-order chi connectivity index (χ0) is 18.9. The average molecular weight is 355 g/mol. The Bertz CT molecular complexity index is 744. The third-order valence-electron chi connectivity index (χ3n) is 5.13. The first kappa shape index (κ1) is 18.2. The molecule has 2 fully saturated rings. The van der Waals surface area contributed by atoms with E-state index in [1.54, 1.807) is 17.1 Å². The maximum absolute atomic E-state index is 12.7. The standard InChI is InChI=1S/C20H25N3O3/c1-14(2)23-18(25)20(21-19(23)26)10-12-22(13-11-20)17(24)9-8-16-6-4-15(3)5-7-16/h4-9,14H,10-13H2,1-3H3,(H,21,26)/b9-8+. The number of amides is 4. The van der Waals surface area contributed by atoms with E-state index in [9.17, 15) is 14.4 Å². The molecular weight excluding hydrogens is 330 g/mol. The summed E-state index contributed by atoms with van der Waals surface area (Å²) in [6.07, 6.45) is 4.27. The van der Waals surface area contributed by atoms with Crippen LogP contribution in [-0.2, 0) is 9.59 Å². The van der Waals surface area contributed by atoms with Crippen molar-refractivity contribution in [3.05, 3.63) is 41.5 Å². The molecule has 4 amide bonds. The number of carbonyl (C=O) groups is 3. The van der Waals surface area contributed by atoms with Crippen molar-refractivity contribution in [2.75, 3.05) is 13.1 Å². The Morgan fingerprint density at radius 3 is 2.31 bits per heavy atom. The lowest BCUT2D eigenvalue weighted by molar-refractivity contribution is -0.137. The maximum Gasteiger partial charge on any atom is 0.325 e. The molecule has 2 aliphatic rings. The lowest BCUT2D eigenvalue weighted by Gasteiger charge is -2.37. The number of piperidine rings is 1. The smallest absolute Gasteiger partial charge is 0.325 e. The molecule has 0 aromatic heterocycles. The van der Waals surface area contributed by atoms with Crippen molar-refractivity contribution in [3.63, 3.8) is 0 Å². The molecule has 0 atom stereocenters. The number of imide groups is 1. The van der Waals surface area contributed by atoms with Crippen molar-refractivity contribution in [1.82, 2.24) is 15.1 Å². The van der Waals surface area contributed by atoms with E-state index < -0.39 is 5.54 Å². The summed E-state index contributed by atoms with van der Waals surface area (Å²) in [5, 5.41) is 2.85. The average Bonchev–Trinajstić information content (AvgIpc) is 2.84. The van der Waals surface area contributed by atoms with Gasteiger partial charge in [-0.15, -0.1) is 0 Å². The Labute approximate surface area is 153 Å². The zero-order valence-electron chi connectivity index (χ0n) is 15.5. The highest BCUT2D eigenvalue weighted by atomic mass is 16.2. The van der Waals surface area contributed by atoms with Crippen molar-refractivity contribution in [2.45, 2.75) is 45.2 Å². The second-order valence-electron chi connectivity index (χ2n) is 7.35. The summed E-state index contributed by atoms with van der Waals surface area (Å²) < 4.78 is 0. The van der Waals surface area contributed by atoms with Crippen LogP contribution in [0.4, 0.5) is 4.79 Å². The SMILES string of the molecule is Cc1ccc(/C=C/C(=O)N2CCC3(CC2)NC(=O)N(C(C)C)C3=O)cc1. The van der Waals surface area contributed by atoms with Crippen LogP contribution < -0.4 is 5.32 Å². The van der Waals surface area contributed by atoms with Crippen LogP contribution in [0.5, 0.6) is 0 Å². The molecule has 0 aliphatic carbocycles. The molecule has 0 unspecified atom stereocenters.